The molecule has 0 unspecified atom stereocenters. The first-order valence-corrected chi connectivity index (χ1v) is 8.66. The molecule has 2 heterocycles. The van der Waals surface area contributed by atoms with E-state index in [9.17, 15) is 0 Å². The van der Waals surface area contributed by atoms with Gasteiger partial charge in [-0.2, -0.15) is 0 Å². The van der Waals surface area contributed by atoms with E-state index in [1.807, 2.05) is 66.3 Å². The largest absolute Gasteiger partial charge is 0.492 e. The smallest absolute Gasteiger partial charge is 0.130 e. The molecule has 0 spiro atoms. The molecule has 4 rings (SSSR count). The summed E-state index contributed by atoms with van der Waals surface area (Å²) in [6, 6.07) is 16.1. The van der Waals surface area contributed by atoms with Crippen LogP contribution >= 0.6 is 11.6 Å². The molecule has 0 aliphatic carbocycles. The van der Waals surface area contributed by atoms with Crippen LogP contribution in [-0.2, 0) is 6.54 Å². The van der Waals surface area contributed by atoms with Gasteiger partial charge in [0.1, 0.15) is 11.4 Å². The Morgan fingerprint density at radius 2 is 1.96 bits per heavy atom. The molecule has 0 fully saturated rings. The predicted molar refractivity (Wildman–Crippen MR) is 99.5 cm³/mol. The van der Waals surface area contributed by atoms with Crippen molar-refractivity contribution in [2.75, 3.05) is 6.61 Å². The van der Waals surface area contributed by atoms with Crippen LogP contribution in [0.4, 0.5) is 0 Å². The first-order chi connectivity index (χ1) is 12.2. The second kappa shape index (κ2) is 6.73. The Kier molecular flexibility index (Phi) is 4.28. The summed E-state index contributed by atoms with van der Waals surface area (Å²) in [5, 5.41) is 9.29. The van der Waals surface area contributed by atoms with E-state index in [1.165, 1.54) is 0 Å². The molecule has 126 valence electrons. The Hall–Kier alpha value is -2.59. The van der Waals surface area contributed by atoms with Gasteiger partial charge in [-0.1, -0.05) is 59.3 Å². The molecule has 4 nitrogen and oxygen atoms in total. The van der Waals surface area contributed by atoms with Crippen molar-refractivity contribution < 1.29 is 4.74 Å². The third-order valence-electron chi connectivity index (χ3n) is 4.37. The molecule has 2 aromatic carbocycles. The first kappa shape index (κ1) is 15.9. The van der Waals surface area contributed by atoms with E-state index in [0.29, 0.717) is 13.2 Å². The number of nitrogens with zero attached hydrogens (tertiary/aromatic N) is 3. The summed E-state index contributed by atoms with van der Waals surface area (Å²) in [5.74, 6) is 0.881. The van der Waals surface area contributed by atoms with Gasteiger partial charge in [0.25, 0.3) is 0 Å². The third kappa shape index (κ3) is 3.17. The van der Waals surface area contributed by atoms with Crippen LogP contribution in [0, 0.1) is 6.92 Å². The van der Waals surface area contributed by atoms with Gasteiger partial charge in [0.05, 0.1) is 24.4 Å². The van der Waals surface area contributed by atoms with E-state index >= 15 is 0 Å². The zero-order valence-electron chi connectivity index (χ0n) is 13.9. The molecule has 0 atom stereocenters. The van der Waals surface area contributed by atoms with Gasteiger partial charge in [-0.05, 0) is 24.1 Å². The average molecular weight is 352 g/mol. The van der Waals surface area contributed by atoms with E-state index in [0.717, 1.165) is 45.2 Å². The zero-order chi connectivity index (χ0) is 17.2. The van der Waals surface area contributed by atoms with Crippen LogP contribution in [-0.4, -0.2) is 21.6 Å². The third-order valence-corrected chi connectivity index (χ3v) is 4.84. The van der Waals surface area contributed by atoms with Crippen LogP contribution in [0.25, 0.3) is 16.3 Å². The van der Waals surface area contributed by atoms with Crippen molar-refractivity contribution in [1.82, 2.24) is 15.0 Å². The number of hydrogen-bond donors (Lipinski definition) is 0. The van der Waals surface area contributed by atoms with Crippen molar-refractivity contribution in [2.45, 2.75) is 19.9 Å². The van der Waals surface area contributed by atoms with Gasteiger partial charge >= 0.3 is 0 Å². The molecule has 0 amide bonds. The van der Waals surface area contributed by atoms with Crippen molar-refractivity contribution in [2.24, 2.45) is 0 Å². The summed E-state index contributed by atoms with van der Waals surface area (Å²) >= 11 is 6.70. The van der Waals surface area contributed by atoms with Gasteiger partial charge in [0.2, 0.25) is 0 Å². The minimum Gasteiger partial charge on any atom is -0.492 e. The highest BCUT2D eigenvalue weighted by molar-refractivity contribution is 6.49. The number of fused-ring (bicyclic) bond motifs is 1. The van der Waals surface area contributed by atoms with Gasteiger partial charge in [0.15, 0.2) is 0 Å². The van der Waals surface area contributed by atoms with Crippen LogP contribution in [0.3, 0.4) is 0 Å². The number of aromatic nitrogens is 3. The molecule has 1 aliphatic heterocycles. The Bertz CT molecular complexity index is 931. The molecule has 3 aromatic rings. The predicted octanol–water partition coefficient (Wildman–Crippen LogP) is 4.69. The Morgan fingerprint density at radius 1 is 1.12 bits per heavy atom. The highest BCUT2D eigenvalue weighted by Crippen LogP contribution is 2.37. The number of benzene rings is 2. The van der Waals surface area contributed by atoms with Crippen molar-refractivity contribution >= 4 is 16.6 Å². The molecule has 0 N–H and O–H groups in total. The van der Waals surface area contributed by atoms with Gasteiger partial charge in [0, 0.05) is 17.5 Å². The Balaban J connectivity index is 1.64. The summed E-state index contributed by atoms with van der Waals surface area (Å²) in [4.78, 5) is 0. The highest BCUT2D eigenvalue weighted by Gasteiger charge is 2.19. The van der Waals surface area contributed by atoms with Gasteiger partial charge in [-0.25, -0.2) is 4.68 Å². The van der Waals surface area contributed by atoms with E-state index in [-0.39, 0.29) is 0 Å². The van der Waals surface area contributed by atoms with Gasteiger partial charge in [-0.3, -0.25) is 0 Å². The minimum absolute atomic E-state index is 0.607. The number of para-hydroxylation sites is 1. The normalized spacial score (nSPS) is 14.0. The number of halogens is 1. The first-order valence-electron chi connectivity index (χ1n) is 8.28. The molecule has 0 bridgehead atoms. The second-order valence-corrected chi connectivity index (χ2v) is 6.51. The fourth-order valence-electron chi connectivity index (χ4n) is 3.05. The molecule has 0 radical (unpaired) electrons. The standard InChI is InChI=1S/C20H18ClN3O/c1-14-6-5-9-17-19(21)16(10-11-25-20(14)17)12-24-13-18(22-23-24)15-7-3-2-4-8-15/h2-9,13H,10-12H2,1H3. The molecular weight excluding hydrogens is 334 g/mol. The van der Waals surface area contributed by atoms with Crippen molar-refractivity contribution in [3.05, 3.63) is 71.4 Å². The fourth-order valence-corrected chi connectivity index (χ4v) is 3.36. The Morgan fingerprint density at radius 3 is 2.80 bits per heavy atom. The molecule has 0 saturated carbocycles. The van der Waals surface area contributed by atoms with Gasteiger partial charge < -0.3 is 4.74 Å². The zero-order valence-corrected chi connectivity index (χ0v) is 14.7. The van der Waals surface area contributed by atoms with E-state index in [4.69, 9.17) is 16.3 Å². The summed E-state index contributed by atoms with van der Waals surface area (Å²) in [6.07, 6.45) is 2.73. The summed E-state index contributed by atoms with van der Waals surface area (Å²) in [5.41, 5.74) is 5.08. The van der Waals surface area contributed by atoms with Gasteiger partial charge in [-0.15, -0.1) is 5.10 Å². The maximum Gasteiger partial charge on any atom is 0.130 e. The van der Waals surface area contributed by atoms with E-state index in [1.54, 1.807) is 0 Å². The van der Waals surface area contributed by atoms with Crippen molar-refractivity contribution in [3.8, 4) is 17.0 Å². The van der Waals surface area contributed by atoms with E-state index < -0.39 is 0 Å². The van der Waals surface area contributed by atoms with Crippen LogP contribution in [0.5, 0.6) is 5.75 Å². The van der Waals surface area contributed by atoms with Crippen LogP contribution in [0.1, 0.15) is 17.5 Å². The number of rotatable bonds is 3. The lowest BCUT2D eigenvalue weighted by Crippen LogP contribution is -2.05. The molecular formula is C20H18ClN3O. The number of ether oxygens (including phenoxy) is 1. The molecule has 1 aliphatic rings. The highest BCUT2D eigenvalue weighted by atomic mass is 35.5. The monoisotopic (exact) mass is 351 g/mol. The van der Waals surface area contributed by atoms with Crippen molar-refractivity contribution in [3.63, 3.8) is 0 Å². The summed E-state index contributed by atoms with van der Waals surface area (Å²) in [6.45, 7) is 3.26. The van der Waals surface area contributed by atoms with Crippen LogP contribution in [0.2, 0.25) is 0 Å². The minimum atomic E-state index is 0.607. The van der Waals surface area contributed by atoms with Crippen LogP contribution < -0.4 is 4.74 Å². The molecule has 1 aromatic heterocycles. The average Bonchev–Trinajstić information content (AvgIpc) is 3.04. The lowest BCUT2D eigenvalue weighted by molar-refractivity contribution is 0.319. The topological polar surface area (TPSA) is 39.9 Å². The molecule has 5 heteroatoms. The lowest BCUT2D eigenvalue weighted by Gasteiger charge is -2.10. The van der Waals surface area contributed by atoms with E-state index in [2.05, 4.69) is 10.3 Å². The SMILES string of the molecule is Cc1cccc2c1OCCC(Cn1cc(-c3ccccc3)nn1)=C2Cl. The fraction of sp³-hybridized carbons (Fsp3) is 0.200. The number of aryl methyl sites for hydroxylation is 1. The van der Waals surface area contributed by atoms with Crippen LogP contribution in [0.15, 0.2) is 60.3 Å². The van der Waals surface area contributed by atoms with Crippen molar-refractivity contribution in [1.29, 1.82) is 0 Å². The second-order valence-electron chi connectivity index (χ2n) is 6.13. The quantitative estimate of drug-likeness (QED) is 0.687. The molecule has 25 heavy (non-hydrogen) atoms. The maximum atomic E-state index is 6.70. The number of hydrogen-bond acceptors (Lipinski definition) is 3. The molecule has 0 saturated heterocycles. The summed E-state index contributed by atoms with van der Waals surface area (Å²) in [7, 11) is 0. The Labute approximate surface area is 151 Å². The maximum absolute atomic E-state index is 6.70. The summed E-state index contributed by atoms with van der Waals surface area (Å²) < 4.78 is 7.75. The lowest BCUT2D eigenvalue weighted by atomic mass is 10.1.